The Balaban J connectivity index is 2.97. The molecule has 0 unspecified atom stereocenters. The fraction of sp³-hybridized carbons (Fsp3) is 0.333. The summed E-state index contributed by atoms with van der Waals surface area (Å²) >= 11 is 0. The maximum Gasteiger partial charge on any atom is 0.365 e. The summed E-state index contributed by atoms with van der Waals surface area (Å²) in [6.45, 7) is 15.7. The van der Waals surface area contributed by atoms with Gasteiger partial charge in [-0.3, -0.25) is 4.57 Å². The molecule has 0 fully saturated rings. The molecular weight excluding hydrogens is 431 g/mol. The maximum atomic E-state index is 14.0. The van der Waals surface area contributed by atoms with Crippen LogP contribution in [0.2, 0.25) is 0 Å². The minimum absolute atomic E-state index is 0.00408. The van der Waals surface area contributed by atoms with Gasteiger partial charge in [0.15, 0.2) is 5.75 Å². The van der Waals surface area contributed by atoms with Gasteiger partial charge in [0.1, 0.15) is 11.1 Å². The van der Waals surface area contributed by atoms with Crippen molar-refractivity contribution in [2.75, 3.05) is 0 Å². The highest BCUT2D eigenvalue weighted by Gasteiger charge is 2.36. The maximum absolute atomic E-state index is 14.0. The third-order valence-electron chi connectivity index (χ3n) is 4.24. The van der Waals surface area contributed by atoms with Gasteiger partial charge in [-0.15, -0.1) is 0 Å². The van der Waals surface area contributed by atoms with Crippen LogP contribution in [0, 0.1) is 0 Å². The van der Waals surface area contributed by atoms with Crippen LogP contribution in [-0.4, -0.2) is 24.1 Å². The molecule has 0 radical (unpaired) electrons. The van der Waals surface area contributed by atoms with E-state index in [1.165, 1.54) is 6.07 Å². The van der Waals surface area contributed by atoms with Crippen molar-refractivity contribution in [3.63, 3.8) is 0 Å². The van der Waals surface area contributed by atoms with Crippen molar-refractivity contribution in [1.82, 2.24) is 0 Å². The van der Waals surface area contributed by atoms with Gasteiger partial charge in [0.05, 0.1) is 12.2 Å². The van der Waals surface area contributed by atoms with Crippen molar-refractivity contribution in [3.05, 3.63) is 55.1 Å². The summed E-state index contributed by atoms with van der Waals surface area (Å²) in [5.41, 5.74) is 0.960. The molecule has 2 rings (SSSR count). The SMILES string of the molecule is C=CC(=O)Oc1cc(P(=O)(OC(C)C)OC(C)C)c(OC(=O)C=C)c2ccc(CC)cc12. The highest BCUT2D eigenvalue weighted by molar-refractivity contribution is 7.62. The number of esters is 2. The van der Waals surface area contributed by atoms with Crippen LogP contribution in [0.15, 0.2) is 49.6 Å². The van der Waals surface area contributed by atoms with Crippen molar-refractivity contribution in [1.29, 1.82) is 0 Å². The molecule has 0 N–H and O–H groups in total. The highest BCUT2D eigenvalue weighted by Crippen LogP contribution is 2.54. The Bertz CT molecular complexity index is 1070. The van der Waals surface area contributed by atoms with Gasteiger partial charge in [-0.2, -0.15) is 0 Å². The first-order valence-electron chi connectivity index (χ1n) is 10.3. The zero-order valence-electron chi connectivity index (χ0n) is 19.0. The largest absolute Gasteiger partial charge is 0.423 e. The molecule has 0 bridgehead atoms. The van der Waals surface area contributed by atoms with Crippen LogP contribution < -0.4 is 14.8 Å². The lowest BCUT2D eigenvalue weighted by Gasteiger charge is -2.25. The number of hydrogen-bond donors (Lipinski definition) is 0. The van der Waals surface area contributed by atoms with E-state index in [1.807, 2.05) is 19.1 Å². The molecule has 0 atom stereocenters. The molecular formula is C24H29O7P. The van der Waals surface area contributed by atoms with Gasteiger partial charge in [-0.05, 0) is 45.7 Å². The number of rotatable bonds is 10. The average Bonchev–Trinajstić information content (AvgIpc) is 2.73. The lowest BCUT2D eigenvalue weighted by Crippen LogP contribution is -2.21. The number of carbonyl (C=O) groups excluding carboxylic acids is 2. The molecule has 8 heteroatoms. The summed E-state index contributed by atoms with van der Waals surface area (Å²) in [4.78, 5) is 24.2. The molecule has 0 amide bonds. The van der Waals surface area contributed by atoms with Crippen molar-refractivity contribution < 1.29 is 32.7 Å². The van der Waals surface area contributed by atoms with E-state index in [4.69, 9.17) is 18.5 Å². The molecule has 0 spiro atoms. The number of ether oxygens (including phenoxy) is 2. The van der Waals surface area contributed by atoms with Crippen LogP contribution in [0.5, 0.6) is 11.5 Å². The third-order valence-corrected chi connectivity index (χ3v) is 6.56. The van der Waals surface area contributed by atoms with Crippen LogP contribution >= 0.6 is 7.60 Å². The van der Waals surface area contributed by atoms with Crippen LogP contribution in [0.25, 0.3) is 10.8 Å². The van der Waals surface area contributed by atoms with Gasteiger partial charge < -0.3 is 18.5 Å². The van der Waals surface area contributed by atoms with E-state index in [0.29, 0.717) is 10.8 Å². The van der Waals surface area contributed by atoms with E-state index >= 15 is 0 Å². The molecule has 0 aliphatic heterocycles. The average molecular weight is 460 g/mol. The second-order valence-electron chi connectivity index (χ2n) is 7.51. The van der Waals surface area contributed by atoms with Crippen LogP contribution in [0.1, 0.15) is 40.2 Å². The fourth-order valence-electron chi connectivity index (χ4n) is 3.00. The van der Waals surface area contributed by atoms with Gasteiger partial charge in [0.25, 0.3) is 0 Å². The predicted molar refractivity (Wildman–Crippen MR) is 125 cm³/mol. The Morgan fingerprint density at radius 2 is 1.50 bits per heavy atom. The van der Waals surface area contributed by atoms with Crippen LogP contribution in [-0.2, 0) is 29.6 Å². The first-order valence-corrected chi connectivity index (χ1v) is 11.8. The monoisotopic (exact) mass is 460 g/mol. The second-order valence-corrected chi connectivity index (χ2v) is 9.41. The molecule has 2 aromatic carbocycles. The normalized spacial score (nSPS) is 11.6. The number of carbonyl (C=O) groups is 2. The lowest BCUT2D eigenvalue weighted by atomic mass is 10.0. The minimum Gasteiger partial charge on any atom is -0.423 e. The molecule has 7 nitrogen and oxygen atoms in total. The van der Waals surface area contributed by atoms with Gasteiger partial charge in [0.2, 0.25) is 0 Å². The summed E-state index contributed by atoms with van der Waals surface area (Å²) < 4.78 is 36.4. The Morgan fingerprint density at radius 1 is 0.938 bits per heavy atom. The summed E-state index contributed by atoms with van der Waals surface area (Å²) in [5, 5.41) is 0.871. The lowest BCUT2D eigenvalue weighted by molar-refractivity contribution is -0.129. The Morgan fingerprint density at radius 3 is 2.00 bits per heavy atom. The Labute approximate surface area is 188 Å². The van der Waals surface area contributed by atoms with Gasteiger partial charge >= 0.3 is 19.5 Å². The molecule has 32 heavy (non-hydrogen) atoms. The van der Waals surface area contributed by atoms with E-state index in [1.54, 1.807) is 33.8 Å². The van der Waals surface area contributed by atoms with Crippen LogP contribution in [0.4, 0.5) is 0 Å². The van der Waals surface area contributed by atoms with Crippen molar-refractivity contribution >= 4 is 35.6 Å². The third kappa shape index (κ3) is 5.94. The molecule has 0 saturated carbocycles. The van der Waals surface area contributed by atoms with Crippen molar-refractivity contribution in [3.8, 4) is 11.5 Å². The summed E-state index contributed by atoms with van der Waals surface area (Å²) in [6, 6.07) is 6.73. The Kier molecular flexibility index (Phi) is 8.56. The topological polar surface area (TPSA) is 88.1 Å². The van der Waals surface area contributed by atoms with E-state index in [-0.39, 0.29) is 16.8 Å². The summed E-state index contributed by atoms with van der Waals surface area (Å²) in [6.07, 6.45) is 1.80. The zero-order valence-corrected chi connectivity index (χ0v) is 19.9. The van der Waals surface area contributed by atoms with E-state index in [9.17, 15) is 14.2 Å². The number of hydrogen-bond acceptors (Lipinski definition) is 7. The first kappa shape index (κ1) is 25.5. The first-order chi connectivity index (χ1) is 15.0. The smallest absolute Gasteiger partial charge is 0.365 e. The summed E-state index contributed by atoms with van der Waals surface area (Å²) in [7, 11) is -4.02. The van der Waals surface area contributed by atoms with E-state index in [2.05, 4.69) is 13.2 Å². The standard InChI is InChI=1S/C24H29O7P/c1-8-17-11-12-18-19(13-17)20(28-22(25)9-2)14-21(24(18)29-23(26)10-3)32(27,30-15(4)5)31-16(6)7/h9-16H,2-3,8H2,1,4-7H3. The molecule has 0 heterocycles. The number of fused-ring (bicyclic) bond motifs is 1. The quantitative estimate of drug-likeness (QED) is 0.207. The molecule has 2 aromatic rings. The minimum atomic E-state index is -4.02. The Hall–Kier alpha value is -2.73. The fourth-order valence-corrected chi connectivity index (χ4v) is 5.08. The van der Waals surface area contributed by atoms with E-state index in [0.717, 1.165) is 24.1 Å². The molecule has 0 saturated heterocycles. The van der Waals surface area contributed by atoms with Gasteiger partial charge in [0, 0.05) is 29.0 Å². The predicted octanol–water partition coefficient (Wildman–Crippen LogP) is 5.25. The van der Waals surface area contributed by atoms with E-state index < -0.39 is 31.7 Å². The molecule has 0 aromatic heterocycles. The van der Waals surface area contributed by atoms with Gasteiger partial charge in [-0.1, -0.05) is 32.2 Å². The van der Waals surface area contributed by atoms with Crippen molar-refractivity contribution in [2.24, 2.45) is 0 Å². The molecule has 172 valence electrons. The summed E-state index contributed by atoms with van der Waals surface area (Å²) in [5.74, 6) is -1.33. The number of benzene rings is 2. The zero-order chi connectivity index (χ0) is 24.1. The second kappa shape index (κ2) is 10.7. The molecule has 0 aliphatic rings. The van der Waals surface area contributed by atoms with Gasteiger partial charge in [-0.25, -0.2) is 9.59 Å². The van der Waals surface area contributed by atoms with Crippen LogP contribution in [0.3, 0.4) is 0 Å². The molecule has 0 aliphatic carbocycles. The van der Waals surface area contributed by atoms with Crippen molar-refractivity contribution in [2.45, 2.75) is 53.2 Å². The highest BCUT2D eigenvalue weighted by atomic mass is 31.2. The number of aryl methyl sites for hydroxylation is 1.